The molecule has 0 aromatic heterocycles. The summed E-state index contributed by atoms with van der Waals surface area (Å²) in [5.74, 6) is 0.911. The third kappa shape index (κ3) is 4.24. The van der Waals surface area contributed by atoms with E-state index in [1.165, 1.54) is 19.3 Å². The summed E-state index contributed by atoms with van der Waals surface area (Å²) >= 11 is 0. The fraction of sp³-hybridized carbons (Fsp3) is 0.533. The Morgan fingerprint density at radius 2 is 2.00 bits per heavy atom. The second-order valence-corrected chi connectivity index (χ2v) is 4.93. The predicted octanol–water partition coefficient (Wildman–Crippen LogP) is 1.80. The lowest BCUT2D eigenvalue weighted by atomic mass is 10.1. The lowest BCUT2D eigenvalue weighted by Crippen LogP contribution is -2.39. The van der Waals surface area contributed by atoms with E-state index in [-0.39, 0.29) is 5.91 Å². The van der Waals surface area contributed by atoms with Crippen LogP contribution in [0.3, 0.4) is 0 Å². The number of methoxy groups -OCH3 is 1. The maximum atomic E-state index is 11.9. The van der Waals surface area contributed by atoms with Gasteiger partial charge < -0.3 is 10.1 Å². The maximum Gasteiger partial charge on any atom is 0.234 e. The number of amides is 1. The maximum absolute atomic E-state index is 11.9. The van der Waals surface area contributed by atoms with Gasteiger partial charge in [-0.3, -0.25) is 9.69 Å². The molecule has 0 atom stereocenters. The largest absolute Gasteiger partial charge is 0.496 e. The van der Waals surface area contributed by atoms with Gasteiger partial charge in [0.15, 0.2) is 0 Å². The van der Waals surface area contributed by atoms with Crippen molar-refractivity contribution in [2.24, 2.45) is 0 Å². The quantitative estimate of drug-likeness (QED) is 0.879. The molecule has 19 heavy (non-hydrogen) atoms. The molecular formula is C15H22N2O2. The summed E-state index contributed by atoms with van der Waals surface area (Å²) in [4.78, 5) is 14.1. The number of ether oxygens (including phenoxy) is 1. The third-order valence-corrected chi connectivity index (χ3v) is 3.48. The molecular weight excluding hydrogens is 240 g/mol. The molecule has 0 saturated carbocycles. The van der Waals surface area contributed by atoms with E-state index in [1.54, 1.807) is 7.11 Å². The zero-order valence-corrected chi connectivity index (χ0v) is 11.5. The molecule has 1 aliphatic rings. The van der Waals surface area contributed by atoms with Gasteiger partial charge in [0.1, 0.15) is 5.75 Å². The van der Waals surface area contributed by atoms with E-state index in [1.807, 2.05) is 24.3 Å². The molecule has 1 N–H and O–H groups in total. The summed E-state index contributed by atoms with van der Waals surface area (Å²) in [6, 6.07) is 7.76. The van der Waals surface area contributed by atoms with Crippen LogP contribution in [0, 0.1) is 0 Å². The van der Waals surface area contributed by atoms with Crippen molar-refractivity contribution in [3.05, 3.63) is 29.8 Å². The van der Waals surface area contributed by atoms with Crippen LogP contribution in [-0.4, -0.2) is 37.6 Å². The molecule has 0 aliphatic carbocycles. The zero-order chi connectivity index (χ0) is 13.5. The molecule has 104 valence electrons. The molecule has 0 bridgehead atoms. The molecule has 1 fully saturated rings. The highest BCUT2D eigenvalue weighted by Gasteiger charge is 2.13. The van der Waals surface area contributed by atoms with Crippen molar-refractivity contribution in [3.63, 3.8) is 0 Å². The minimum atomic E-state index is 0.0906. The van der Waals surface area contributed by atoms with Crippen LogP contribution in [0.15, 0.2) is 24.3 Å². The van der Waals surface area contributed by atoms with Crippen LogP contribution >= 0.6 is 0 Å². The standard InChI is InChI=1S/C15H22N2O2/c1-19-14-8-4-3-7-13(14)11-16-15(18)12-17-9-5-2-6-10-17/h3-4,7-8H,2,5-6,9-12H2,1H3,(H,16,18). The molecule has 2 rings (SSSR count). The van der Waals surface area contributed by atoms with Gasteiger partial charge in [0.2, 0.25) is 5.91 Å². The fourth-order valence-electron chi connectivity index (χ4n) is 2.42. The van der Waals surface area contributed by atoms with Crippen LogP contribution in [0.2, 0.25) is 0 Å². The van der Waals surface area contributed by atoms with Gasteiger partial charge in [0.05, 0.1) is 13.7 Å². The Labute approximate surface area is 114 Å². The molecule has 0 spiro atoms. The number of carbonyl (C=O) groups is 1. The van der Waals surface area contributed by atoms with Gasteiger partial charge in [-0.1, -0.05) is 24.6 Å². The van der Waals surface area contributed by atoms with Gasteiger partial charge in [-0.2, -0.15) is 0 Å². The molecule has 1 heterocycles. The Morgan fingerprint density at radius 3 is 2.74 bits per heavy atom. The Hall–Kier alpha value is -1.55. The number of nitrogens with zero attached hydrogens (tertiary/aromatic N) is 1. The summed E-state index contributed by atoms with van der Waals surface area (Å²) < 4.78 is 5.27. The van der Waals surface area contributed by atoms with Gasteiger partial charge in [0, 0.05) is 12.1 Å². The molecule has 4 nitrogen and oxygen atoms in total. The second-order valence-electron chi connectivity index (χ2n) is 4.93. The van der Waals surface area contributed by atoms with Gasteiger partial charge in [-0.25, -0.2) is 0 Å². The van der Waals surface area contributed by atoms with Gasteiger partial charge >= 0.3 is 0 Å². The highest BCUT2D eigenvalue weighted by Crippen LogP contribution is 2.16. The fourth-order valence-corrected chi connectivity index (χ4v) is 2.42. The van der Waals surface area contributed by atoms with Crippen molar-refractivity contribution in [2.75, 3.05) is 26.7 Å². The Bertz CT molecular complexity index is 414. The summed E-state index contributed by atoms with van der Waals surface area (Å²) in [6.45, 7) is 3.12. The Kier molecular flexibility index (Phi) is 5.21. The number of nitrogens with one attached hydrogen (secondary N) is 1. The first-order valence-electron chi connectivity index (χ1n) is 6.90. The number of hydrogen-bond donors (Lipinski definition) is 1. The van der Waals surface area contributed by atoms with Crippen LogP contribution in [0.1, 0.15) is 24.8 Å². The number of benzene rings is 1. The third-order valence-electron chi connectivity index (χ3n) is 3.48. The number of hydrogen-bond acceptors (Lipinski definition) is 3. The van der Waals surface area contributed by atoms with Crippen molar-refractivity contribution in [2.45, 2.75) is 25.8 Å². The van der Waals surface area contributed by atoms with E-state index in [9.17, 15) is 4.79 Å². The van der Waals surface area contributed by atoms with Crippen LogP contribution in [0.25, 0.3) is 0 Å². The first-order valence-corrected chi connectivity index (χ1v) is 6.90. The van der Waals surface area contributed by atoms with Crippen molar-refractivity contribution in [1.82, 2.24) is 10.2 Å². The second kappa shape index (κ2) is 7.14. The van der Waals surface area contributed by atoms with E-state index < -0.39 is 0 Å². The normalized spacial score (nSPS) is 16.1. The average molecular weight is 262 g/mol. The molecule has 0 radical (unpaired) electrons. The molecule has 0 unspecified atom stereocenters. The van der Waals surface area contributed by atoms with E-state index in [0.29, 0.717) is 13.1 Å². The van der Waals surface area contributed by atoms with Crippen molar-refractivity contribution in [3.8, 4) is 5.75 Å². The van der Waals surface area contributed by atoms with Crippen LogP contribution < -0.4 is 10.1 Å². The molecule has 1 saturated heterocycles. The molecule has 1 aliphatic heterocycles. The first kappa shape index (κ1) is 13.9. The average Bonchev–Trinajstić information content (AvgIpc) is 2.46. The van der Waals surface area contributed by atoms with Crippen LogP contribution in [-0.2, 0) is 11.3 Å². The number of piperidine rings is 1. The summed E-state index contributed by atoms with van der Waals surface area (Å²) in [6.07, 6.45) is 3.71. The zero-order valence-electron chi connectivity index (χ0n) is 11.5. The minimum absolute atomic E-state index is 0.0906. The van der Waals surface area contributed by atoms with Gasteiger partial charge in [-0.05, 0) is 32.0 Å². The van der Waals surface area contributed by atoms with E-state index in [0.717, 1.165) is 24.4 Å². The predicted molar refractivity (Wildman–Crippen MR) is 75.1 cm³/mol. The minimum Gasteiger partial charge on any atom is -0.496 e. The Morgan fingerprint density at radius 1 is 1.26 bits per heavy atom. The Balaban J connectivity index is 1.79. The van der Waals surface area contributed by atoms with Crippen LogP contribution in [0.4, 0.5) is 0 Å². The number of likely N-dealkylation sites (tertiary alicyclic amines) is 1. The molecule has 4 heteroatoms. The van der Waals surface area contributed by atoms with Crippen molar-refractivity contribution >= 4 is 5.91 Å². The highest BCUT2D eigenvalue weighted by molar-refractivity contribution is 5.78. The van der Waals surface area contributed by atoms with Gasteiger partial charge in [0.25, 0.3) is 0 Å². The summed E-state index contributed by atoms with van der Waals surface area (Å²) in [5.41, 5.74) is 1.01. The topological polar surface area (TPSA) is 41.6 Å². The highest BCUT2D eigenvalue weighted by atomic mass is 16.5. The molecule has 1 amide bonds. The van der Waals surface area contributed by atoms with Gasteiger partial charge in [-0.15, -0.1) is 0 Å². The molecule has 1 aromatic rings. The number of para-hydroxylation sites is 1. The van der Waals surface area contributed by atoms with E-state index >= 15 is 0 Å². The van der Waals surface area contributed by atoms with Crippen molar-refractivity contribution < 1.29 is 9.53 Å². The summed E-state index contributed by atoms with van der Waals surface area (Å²) in [7, 11) is 1.65. The smallest absolute Gasteiger partial charge is 0.234 e. The summed E-state index contributed by atoms with van der Waals surface area (Å²) in [5, 5.41) is 2.96. The van der Waals surface area contributed by atoms with E-state index in [4.69, 9.17) is 4.74 Å². The van der Waals surface area contributed by atoms with E-state index in [2.05, 4.69) is 10.2 Å². The number of carbonyl (C=O) groups excluding carboxylic acids is 1. The van der Waals surface area contributed by atoms with Crippen molar-refractivity contribution in [1.29, 1.82) is 0 Å². The first-order chi connectivity index (χ1) is 9.29. The lowest BCUT2D eigenvalue weighted by molar-refractivity contribution is -0.122. The number of rotatable bonds is 5. The SMILES string of the molecule is COc1ccccc1CNC(=O)CN1CCCCC1. The molecule has 1 aromatic carbocycles. The monoisotopic (exact) mass is 262 g/mol. The van der Waals surface area contributed by atoms with Crippen LogP contribution in [0.5, 0.6) is 5.75 Å². The lowest BCUT2D eigenvalue weighted by Gasteiger charge is -2.25.